The number of aromatic nitrogens is 1. The van der Waals surface area contributed by atoms with E-state index in [1.165, 1.54) is 29.3 Å². The average Bonchev–Trinajstić information content (AvgIpc) is 2.89. The van der Waals surface area contributed by atoms with Crippen molar-refractivity contribution in [1.82, 2.24) is 9.88 Å². The molecule has 0 unspecified atom stereocenters. The lowest BCUT2D eigenvalue weighted by atomic mass is 10.0. The molecular weight excluding hydrogens is 248 g/mol. The number of likely N-dealkylation sites (N-methyl/N-ethyl adjacent to an activating group) is 1. The van der Waals surface area contributed by atoms with Crippen LogP contribution in [0.1, 0.15) is 18.4 Å². The molecule has 2 aromatic rings. The molecule has 1 aliphatic rings. The van der Waals surface area contributed by atoms with E-state index in [1.807, 2.05) is 7.05 Å². The van der Waals surface area contributed by atoms with Gasteiger partial charge in [0.15, 0.2) is 0 Å². The minimum absolute atomic E-state index is 0.764. The van der Waals surface area contributed by atoms with Gasteiger partial charge in [-0.05, 0) is 61.9 Å². The van der Waals surface area contributed by atoms with Crippen molar-refractivity contribution >= 4 is 10.9 Å². The first-order valence-electron chi connectivity index (χ1n) is 7.67. The predicted molar refractivity (Wildman–Crippen MR) is 83.1 cm³/mol. The number of benzene rings is 1. The van der Waals surface area contributed by atoms with Crippen LogP contribution in [-0.2, 0) is 17.7 Å². The number of fused-ring (bicyclic) bond motifs is 1. The smallest absolute Gasteiger partial charge is 0.0483 e. The van der Waals surface area contributed by atoms with Crippen molar-refractivity contribution in [1.29, 1.82) is 0 Å². The van der Waals surface area contributed by atoms with E-state index in [1.54, 1.807) is 0 Å². The largest absolute Gasteiger partial charge is 0.381 e. The molecule has 0 aliphatic carbocycles. The Kier molecular flexibility index (Phi) is 4.38. The fourth-order valence-corrected chi connectivity index (χ4v) is 3.02. The van der Waals surface area contributed by atoms with E-state index < -0.39 is 0 Å². The zero-order chi connectivity index (χ0) is 13.8. The van der Waals surface area contributed by atoms with Gasteiger partial charge in [-0.2, -0.15) is 0 Å². The first-order chi connectivity index (χ1) is 9.86. The summed E-state index contributed by atoms with van der Waals surface area (Å²) in [7, 11) is 2.01. The second-order valence-electron chi connectivity index (χ2n) is 5.77. The molecule has 20 heavy (non-hydrogen) atoms. The highest BCUT2D eigenvalue weighted by molar-refractivity contribution is 5.80. The highest BCUT2D eigenvalue weighted by Crippen LogP contribution is 2.22. The molecule has 2 heterocycles. The van der Waals surface area contributed by atoms with Gasteiger partial charge < -0.3 is 14.6 Å². The fourth-order valence-electron chi connectivity index (χ4n) is 3.02. The highest BCUT2D eigenvalue weighted by atomic mass is 16.5. The van der Waals surface area contributed by atoms with Crippen molar-refractivity contribution in [2.75, 3.05) is 26.8 Å². The average molecular weight is 272 g/mol. The Morgan fingerprint density at radius 1 is 1.25 bits per heavy atom. The number of nitrogens with one attached hydrogen (secondary N) is 1. The number of ether oxygens (including phenoxy) is 1. The van der Waals surface area contributed by atoms with Crippen molar-refractivity contribution in [3.63, 3.8) is 0 Å². The van der Waals surface area contributed by atoms with Gasteiger partial charge in [-0.15, -0.1) is 0 Å². The first kappa shape index (κ1) is 13.7. The summed E-state index contributed by atoms with van der Waals surface area (Å²) < 4.78 is 7.88. The van der Waals surface area contributed by atoms with Crippen LogP contribution in [0, 0.1) is 5.92 Å². The quantitative estimate of drug-likeness (QED) is 0.906. The van der Waals surface area contributed by atoms with Crippen molar-refractivity contribution in [3.05, 3.63) is 36.0 Å². The third-order valence-electron chi connectivity index (χ3n) is 4.30. The van der Waals surface area contributed by atoms with E-state index in [-0.39, 0.29) is 0 Å². The first-order valence-corrected chi connectivity index (χ1v) is 7.67. The van der Waals surface area contributed by atoms with Crippen LogP contribution in [0.5, 0.6) is 0 Å². The summed E-state index contributed by atoms with van der Waals surface area (Å²) in [6.45, 7) is 4.02. The molecule has 108 valence electrons. The van der Waals surface area contributed by atoms with Gasteiger partial charge in [0.1, 0.15) is 0 Å². The van der Waals surface area contributed by atoms with E-state index in [0.29, 0.717) is 0 Å². The minimum atomic E-state index is 0.764. The van der Waals surface area contributed by atoms with Crippen molar-refractivity contribution < 1.29 is 4.74 Å². The van der Waals surface area contributed by atoms with Gasteiger partial charge in [-0.1, -0.05) is 12.1 Å². The second-order valence-corrected chi connectivity index (χ2v) is 5.77. The maximum Gasteiger partial charge on any atom is 0.0483 e. The lowest BCUT2D eigenvalue weighted by molar-refractivity contribution is 0.0616. The fraction of sp³-hybridized carbons (Fsp3) is 0.529. The molecule has 3 rings (SSSR count). The third-order valence-corrected chi connectivity index (χ3v) is 4.30. The highest BCUT2D eigenvalue weighted by Gasteiger charge is 2.15. The molecule has 0 amide bonds. The van der Waals surface area contributed by atoms with Gasteiger partial charge in [-0.25, -0.2) is 0 Å². The van der Waals surface area contributed by atoms with Crippen LogP contribution >= 0.6 is 0 Å². The van der Waals surface area contributed by atoms with Crippen LogP contribution in [0.4, 0.5) is 0 Å². The van der Waals surface area contributed by atoms with Gasteiger partial charge >= 0.3 is 0 Å². The third kappa shape index (κ3) is 3.05. The molecule has 1 aliphatic heterocycles. The molecule has 0 bridgehead atoms. The summed E-state index contributed by atoms with van der Waals surface area (Å²) in [5.74, 6) is 0.764. The molecule has 1 fully saturated rings. The van der Waals surface area contributed by atoms with E-state index in [9.17, 15) is 0 Å². The maximum atomic E-state index is 5.45. The molecule has 3 heteroatoms. The summed E-state index contributed by atoms with van der Waals surface area (Å²) in [6, 6.07) is 9.09. The van der Waals surface area contributed by atoms with Gasteiger partial charge in [0.2, 0.25) is 0 Å². The van der Waals surface area contributed by atoms with Gasteiger partial charge in [0.25, 0.3) is 0 Å². The molecular formula is C17H24N2O. The molecule has 0 saturated carbocycles. The zero-order valence-corrected chi connectivity index (χ0v) is 12.3. The lowest BCUT2D eigenvalue weighted by Crippen LogP contribution is -2.20. The lowest BCUT2D eigenvalue weighted by Gasteiger charge is -2.22. The predicted octanol–water partition coefficient (Wildman–Crippen LogP) is 2.83. The number of hydrogen-bond donors (Lipinski definition) is 1. The van der Waals surface area contributed by atoms with Crippen LogP contribution in [0.3, 0.4) is 0 Å². The Hall–Kier alpha value is -1.32. The van der Waals surface area contributed by atoms with Gasteiger partial charge in [-0.3, -0.25) is 0 Å². The van der Waals surface area contributed by atoms with Crippen molar-refractivity contribution in [3.8, 4) is 0 Å². The van der Waals surface area contributed by atoms with Crippen molar-refractivity contribution in [2.24, 2.45) is 5.92 Å². The van der Waals surface area contributed by atoms with Crippen LogP contribution in [0.15, 0.2) is 30.5 Å². The molecule has 0 spiro atoms. The number of hydrogen-bond acceptors (Lipinski definition) is 2. The van der Waals surface area contributed by atoms with Crippen LogP contribution in [-0.4, -0.2) is 31.4 Å². The summed E-state index contributed by atoms with van der Waals surface area (Å²) in [5.41, 5.74) is 2.80. The SMILES string of the molecule is CNCCc1ccc2ccn(CC3CCOCC3)c2c1. The Bertz CT molecular complexity index is 555. The summed E-state index contributed by atoms with van der Waals surface area (Å²) in [4.78, 5) is 0. The zero-order valence-electron chi connectivity index (χ0n) is 12.3. The Morgan fingerprint density at radius 3 is 2.90 bits per heavy atom. The second kappa shape index (κ2) is 6.42. The normalized spacial score (nSPS) is 16.9. The van der Waals surface area contributed by atoms with Crippen LogP contribution in [0.25, 0.3) is 10.9 Å². The van der Waals surface area contributed by atoms with Crippen LogP contribution in [0.2, 0.25) is 0 Å². The molecule has 1 saturated heterocycles. The van der Waals surface area contributed by atoms with Gasteiger partial charge in [0.05, 0.1) is 0 Å². The van der Waals surface area contributed by atoms with E-state index in [2.05, 4.69) is 40.3 Å². The molecule has 0 atom stereocenters. The van der Waals surface area contributed by atoms with Crippen LogP contribution < -0.4 is 5.32 Å². The van der Waals surface area contributed by atoms with E-state index in [0.717, 1.165) is 38.6 Å². The standard InChI is InChI=1S/C17H24N2O/c1-18-8-4-14-2-3-16-5-9-19(17(16)12-14)13-15-6-10-20-11-7-15/h2-3,5,9,12,15,18H,4,6-8,10-11,13H2,1H3. The summed E-state index contributed by atoms with van der Waals surface area (Å²) in [6.07, 6.45) is 5.72. The molecule has 1 aromatic heterocycles. The molecule has 0 radical (unpaired) electrons. The topological polar surface area (TPSA) is 26.2 Å². The summed E-state index contributed by atoms with van der Waals surface area (Å²) >= 11 is 0. The number of rotatable bonds is 5. The van der Waals surface area contributed by atoms with E-state index >= 15 is 0 Å². The minimum Gasteiger partial charge on any atom is -0.381 e. The molecule has 1 aromatic carbocycles. The van der Waals surface area contributed by atoms with Crippen molar-refractivity contribution in [2.45, 2.75) is 25.8 Å². The van der Waals surface area contributed by atoms with E-state index in [4.69, 9.17) is 4.74 Å². The Balaban J connectivity index is 1.79. The van der Waals surface area contributed by atoms with Gasteiger partial charge in [0, 0.05) is 31.5 Å². The monoisotopic (exact) mass is 272 g/mol. The summed E-state index contributed by atoms with van der Waals surface area (Å²) in [5, 5.41) is 4.57. The Labute approximate surface area is 120 Å². The number of nitrogens with zero attached hydrogens (tertiary/aromatic N) is 1. The maximum absolute atomic E-state index is 5.45. The Morgan fingerprint density at radius 2 is 2.10 bits per heavy atom. The molecule has 1 N–H and O–H groups in total. The molecule has 3 nitrogen and oxygen atoms in total.